The summed E-state index contributed by atoms with van der Waals surface area (Å²) >= 11 is 0. The highest BCUT2D eigenvalue weighted by molar-refractivity contribution is 5.88. The summed E-state index contributed by atoms with van der Waals surface area (Å²) in [6.07, 6.45) is 4.43. The summed E-state index contributed by atoms with van der Waals surface area (Å²) < 4.78 is 0. The molecule has 2 aromatic rings. The van der Waals surface area contributed by atoms with Gasteiger partial charge >= 0.3 is 0 Å². The largest absolute Gasteiger partial charge is 0.0676 e. The first-order valence-electron chi connectivity index (χ1n) is 5.98. The molecule has 0 unspecified atom stereocenters. The van der Waals surface area contributed by atoms with Gasteiger partial charge in [-0.1, -0.05) is 54.1 Å². The first-order chi connectivity index (χ1) is 8.25. The molecule has 2 aromatic carbocycles. The Morgan fingerprint density at radius 1 is 0.824 bits per heavy atom. The molecule has 0 heterocycles. The average Bonchev–Trinajstić information content (AvgIpc) is 2.72. The van der Waals surface area contributed by atoms with E-state index in [0.29, 0.717) is 0 Å². The fraction of sp³-hybridized carbons (Fsp3) is 0.118. The van der Waals surface area contributed by atoms with E-state index in [1.54, 1.807) is 0 Å². The molecule has 1 aliphatic carbocycles. The minimum atomic E-state index is 1.32. The van der Waals surface area contributed by atoms with Crippen LogP contribution in [-0.4, -0.2) is 0 Å². The SMILES string of the molecule is Cc1ccc2c(c1)C(c1ccccc1C)=C[CH]2. The Kier molecular flexibility index (Phi) is 2.36. The van der Waals surface area contributed by atoms with Crippen molar-refractivity contribution in [2.45, 2.75) is 13.8 Å². The van der Waals surface area contributed by atoms with Crippen molar-refractivity contribution in [3.05, 3.63) is 82.8 Å². The van der Waals surface area contributed by atoms with Crippen molar-refractivity contribution in [3.63, 3.8) is 0 Å². The summed E-state index contributed by atoms with van der Waals surface area (Å²) in [5.41, 5.74) is 8.03. The molecule has 0 aromatic heterocycles. The second kappa shape index (κ2) is 3.89. The van der Waals surface area contributed by atoms with Gasteiger partial charge in [-0.25, -0.2) is 0 Å². The van der Waals surface area contributed by atoms with Gasteiger partial charge in [-0.05, 0) is 41.7 Å². The molecule has 1 aliphatic rings. The van der Waals surface area contributed by atoms with Crippen molar-refractivity contribution < 1.29 is 0 Å². The molecule has 1 radical (unpaired) electrons. The second-order valence-corrected chi connectivity index (χ2v) is 4.65. The minimum absolute atomic E-state index is 1.32. The van der Waals surface area contributed by atoms with Gasteiger partial charge in [-0.2, -0.15) is 0 Å². The zero-order chi connectivity index (χ0) is 11.8. The highest BCUT2D eigenvalue weighted by Gasteiger charge is 2.16. The molecule has 0 aliphatic heterocycles. The van der Waals surface area contributed by atoms with Crippen molar-refractivity contribution in [2.24, 2.45) is 0 Å². The molecule has 0 nitrogen and oxygen atoms in total. The van der Waals surface area contributed by atoms with E-state index in [1.165, 1.54) is 33.4 Å². The Bertz CT molecular complexity index is 603. The number of benzene rings is 2. The van der Waals surface area contributed by atoms with E-state index >= 15 is 0 Å². The lowest BCUT2D eigenvalue weighted by molar-refractivity contribution is 1.39. The molecular formula is C17H15. The zero-order valence-electron chi connectivity index (χ0n) is 10.2. The molecule has 0 bridgehead atoms. The van der Waals surface area contributed by atoms with Crippen LogP contribution in [0.25, 0.3) is 5.57 Å². The van der Waals surface area contributed by atoms with Gasteiger partial charge in [0.2, 0.25) is 0 Å². The van der Waals surface area contributed by atoms with Crippen LogP contribution >= 0.6 is 0 Å². The lowest BCUT2D eigenvalue weighted by Gasteiger charge is -2.09. The number of fused-ring (bicyclic) bond motifs is 1. The smallest absolute Gasteiger partial charge is 0.0138 e. The molecule has 0 atom stereocenters. The lowest BCUT2D eigenvalue weighted by atomic mass is 9.95. The number of aryl methyl sites for hydroxylation is 2. The predicted octanol–water partition coefficient (Wildman–Crippen LogP) is 4.30. The quantitative estimate of drug-likeness (QED) is 0.670. The van der Waals surface area contributed by atoms with Crippen molar-refractivity contribution in [2.75, 3.05) is 0 Å². The van der Waals surface area contributed by atoms with Crippen LogP contribution in [0.2, 0.25) is 0 Å². The third kappa shape index (κ3) is 1.70. The van der Waals surface area contributed by atoms with E-state index in [9.17, 15) is 0 Å². The molecule has 17 heavy (non-hydrogen) atoms. The standard InChI is InChI=1S/C17H15/c1-12-7-8-14-9-10-16(17(14)11-12)15-6-4-3-5-13(15)2/h3-11H,1-2H3. The van der Waals surface area contributed by atoms with E-state index < -0.39 is 0 Å². The lowest BCUT2D eigenvalue weighted by Crippen LogP contribution is -1.90. The minimum Gasteiger partial charge on any atom is -0.0676 e. The summed E-state index contributed by atoms with van der Waals surface area (Å²) in [6.45, 7) is 4.32. The molecule has 0 N–H and O–H groups in total. The molecule has 0 saturated carbocycles. The zero-order valence-corrected chi connectivity index (χ0v) is 10.2. The van der Waals surface area contributed by atoms with E-state index in [2.05, 4.69) is 68.8 Å². The van der Waals surface area contributed by atoms with Crippen LogP contribution in [-0.2, 0) is 0 Å². The maximum atomic E-state index is 2.27. The second-order valence-electron chi connectivity index (χ2n) is 4.65. The summed E-state index contributed by atoms with van der Waals surface area (Å²) in [5.74, 6) is 0. The highest BCUT2D eigenvalue weighted by Crippen LogP contribution is 2.35. The van der Waals surface area contributed by atoms with Crippen molar-refractivity contribution in [1.82, 2.24) is 0 Å². The van der Waals surface area contributed by atoms with E-state index in [4.69, 9.17) is 0 Å². The van der Waals surface area contributed by atoms with E-state index in [0.717, 1.165) is 0 Å². The normalized spacial score (nSPS) is 13.4. The van der Waals surface area contributed by atoms with E-state index in [1.807, 2.05) is 0 Å². The number of allylic oxidation sites excluding steroid dienone is 1. The van der Waals surface area contributed by atoms with Gasteiger partial charge < -0.3 is 0 Å². The number of rotatable bonds is 1. The fourth-order valence-electron chi connectivity index (χ4n) is 2.42. The van der Waals surface area contributed by atoms with Crippen LogP contribution in [0.3, 0.4) is 0 Å². The first-order valence-corrected chi connectivity index (χ1v) is 5.98. The number of hydrogen-bond acceptors (Lipinski definition) is 0. The summed E-state index contributed by atoms with van der Waals surface area (Å²) in [4.78, 5) is 0. The van der Waals surface area contributed by atoms with Crippen LogP contribution in [0.15, 0.2) is 48.5 Å². The van der Waals surface area contributed by atoms with Gasteiger partial charge in [0.05, 0.1) is 0 Å². The summed E-state index contributed by atoms with van der Waals surface area (Å²) in [7, 11) is 0. The first kappa shape index (κ1) is 10.3. The van der Waals surface area contributed by atoms with Crippen molar-refractivity contribution in [3.8, 4) is 0 Å². The van der Waals surface area contributed by atoms with Gasteiger partial charge in [0, 0.05) is 6.42 Å². The Morgan fingerprint density at radius 2 is 1.65 bits per heavy atom. The molecule has 0 fully saturated rings. The average molecular weight is 219 g/mol. The molecular weight excluding hydrogens is 204 g/mol. The molecule has 0 spiro atoms. The van der Waals surface area contributed by atoms with Crippen LogP contribution in [0.4, 0.5) is 0 Å². The summed E-state index contributed by atoms with van der Waals surface area (Å²) in [6, 6.07) is 15.2. The molecule has 3 rings (SSSR count). The summed E-state index contributed by atoms with van der Waals surface area (Å²) in [5, 5.41) is 0. The van der Waals surface area contributed by atoms with Crippen molar-refractivity contribution in [1.29, 1.82) is 0 Å². The Labute approximate surface area is 103 Å². The monoisotopic (exact) mass is 219 g/mol. The van der Waals surface area contributed by atoms with Crippen LogP contribution in [0.5, 0.6) is 0 Å². The third-order valence-corrected chi connectivity index (χ3v) is 3.36. The van der Waals surface area contributed by atoms with E-state index in [-0.39, 0.29) is 0 Å². The van der Waals surface area contributed by atoms with Gasteiger partial charge in [0.15, 0.2) is 0 Å². The van der Waals surface area contributed by atoms with Gasteiger partial charge in [0.25, 0.3) is 0 Å². The van der Waals surface area contributed by atoms with Crippen LogP contribution in [0, 0.1) is 20.3 Å². The Balaban J connectivity index is 2.15. The molecule has 0 heteroatoms. The van der Waals surface area contributed by atoms with Crippen molar-refractivity contribution >= 4 is 5.57 Å². The Morgan fingerprint density at radius 3 is 2.47 bits per heavy atom. The molecule has 0 amide bonds. The van der Waals surface area contributed by atoms with Gasteiger partial charge in [0.1, 0.15) is 0 Å². The molecule has 0 saturated heterocycles. The van der Waals surface area contributed by atoms with Gasteiger partial charge in [-0.15, -0.1) is 0 Å². The molecule has 83 valence electrons. The highest BCUT2D eigenvalue weighted by atomic mass is 14.2. The Hall–Kier alpha value is -1.82. The topological polar surface area (TPSA) is 0 Å². The van der Waals surface area contributed by atoms with Crippen LogP contribution in [0.1, 0.15) is 27.8 Å². The van der Waals surface area contributed by atoms with Crippen LogP contribution < -0.4 is 0 Å². The third-order valence-electron chi connectivity index (χ3n) is 3.36. The fourth-order valence-corrected chi connectivity index (χ4v) is 2.42. The predicted molar refractivity (Wildman–Crippen MR) is 72.8 cm³/mol. The van der Waals surface area contributed by atoms with Gasteiger partial charge in [-0.3, -0.25) is 0 Å². The maximum Gasteiger partial charge on any atom is 0.0138 e. The maximum absolute atomic E-state index is 2.27. The number of hydrogen-bond donors (Lipinski definition) is 0.